The number of carbonyl (C=O) groups excluding carboxylic acids is 1. The third-order valence-corrected chi connectivity index (χ3v) is 4.97. The maximum atomic E-state index is 12.8. The van der Waals surface area contributed by atoms with Crippen LogP contribution in [0.4, 0.5) is 0 Å². The molecule has 4 bridgehead atoms. The normalized spacial score (nSPS) is 48.5. The van der Waals surface area contributed by atoms with Gasteiger partial charge in [0, 0.05) is 39.3 Å². The molecule has 0 amide bonds. The van der Waals surface area contributed by atoms with Gasteiger partial charge in [-0.2, -0.15) is 0 Å². The van der Waals surface area contributed by atoms with Gasteiger partial charge in [-0.05, 0) is 6.42 Å². The second kappa shape index (κ2) is 3.79. The third kappa shape index (κ3) is 1.66. The molecule has 4 fully saturated rings. The number of hydrogen-bond acceptors (Lipinski definition) is 3. The average molecular weight is 236 g/mol. The van der Waals surface area contributed by atoms with Crippen molar-refractivity contribution in [3.8, 4) is 0 Å². The minimum Gasteiger partial charge on any atom is -0.300 e. The summed E-state index contributed by atoms with van der Waals surface area (Å²) >= 11 is 0. The monoisotopic (exact) mass is 236 g/mol. The van der Waals surface area contributed by atoms with Gasteiger partial charge in [0.25, 0.3) is 0 Å². The molecule has 0 N–H and O–H groups in total. The summed E-state index contributed by atoms with van der Waals surface area (Å²) in [6.07, 6.45) is 3.50. The molecule has 0 aromatic carbocycles. The van der Waals surface area contributed by atoms with E-state index in [1.165, 1.54) is 12.8 Å². The fraction of sp³-hybridized carbons (Fsp3) is 0.929. The predicted molar refractivity (Wildman–Crippen MR) is 68.0 cm³/mol. The summed E-state index contributed by atoms with van der Waals surface area (Å²) in [6.45, 7) is 10.8. The molecule has 4 aliphatic heterocycles. The van der Waals surface area contributed by atoms with Gasteiger partial charge in [0.15, 0.2) is 0 Å². The van der Waals surface area contributed by atoms with Crippen LogP contribution in [0.15, 0.2) is 0 Å². The fourth-order valence-corrected chi connectivity index (χ4v) is 4.37. The Kier molecular flexibility index (Phi) is 2.60. The standard InChI is InChI=1S/C14H24N2O/c1-3-4-5-14-10-15-6-7-16(11-14)9-13(2,8-15)12(14)17/h3-11H2,1-2H3. The van der Waals surface area contributed by atoms with E-state index in [0.29, 0.717) is 5.78 Å². The van der Waals surface area contributed by atoms with Crippen LogP contribution in [0.1, 0.15) is 33.1 Å². The lowest BCUT2D eigenvalue weighted by Gasteiger charge is -2.53. The molecule has 4 saturated heterocycles. The zero-order chi connectivity index (χ0) is 12.1. The van der Waals surface area contributed by atoms with Gasteiger partial charge < -0.3 is 0 Å². The minimum atomic E-state index is -0.0826. The fourth-order valence-electron chi connectivity index (χ4n) is 4.37. The van der Waals surface area contributed by atoms with Crippen LogP contribution in [-0.2, 0) is 4.79 Å². The average Bonchev–Trinajstić information content (AvgIpc) is 2.50. The molecule has 0 aliphatic carbocycles. The largest absolute Gasteiger partial charge is 0.300 e. The highest BCUT2D eigenvalue weighted by molar-refractivity contribution is 5.92. The first-order valence-corrected chi connectivity index (χ1v) is 7.08. The van der Waals surface area contributed by atoms with Crippen LogP contribution >= 0.6 is 0 Å². The van der Waals surface area contributed by atoms with Gasteiger partial charge in [-0.25, -0.2) is 0 Å². The lowest BCUT2D eigenvalue weighted by atomic mass is 9.62. The molecule has 2 atom stereocenters. The molecule has 0 radical (unpaired) electrons. The predicted octanol–water partition coefficient (Wildman–Crippen LogP) is 1.38. The Morgan fingerprint density at radius 3 is 2.24 bits per heavy atom. The van der Waals surface area contributed by atoms with Crippen molar-refractivity contribution in [1.82, 2.24) is 9.80 Å². The summed E-state index contributed by atoms with van der Waals surface area (Å²) < 4.78 is 0. The quantitative estimate of drug-likeness (QED) is 0.740. The van der Waals surface area contributed by atoms with E-state index >= 15 is 0 Å². The SMILES string of the molecule is CCCCC12CN3CCN(CC(C)(C3)C1=O)C2. The van der Waals surface area contributed by atoms with Gasteiger partial charge in [0.1, 0.15) is 5.78 Å². The van der Waals surface area contributed by atoms with Crippen LogP contribution in [0.2, 0.25) is 0 Å². The topological polar surface area (TPSA) is 23.6 Å². The van der Waals surface area contributed by atoms with Gasteiger partial charge in [-0.1, -0.05) is 26.7 Å². The van der Waals surface area contributed by atoms with E-state index in [-0.39, 0.29) is 10.8 Å². The smallest absolute Gasteiger partial charge is 0.150 e. The first kappa shape index (κ1) is 11.7. The molecule has 0 aromatic heterocycles. The number of carbonyl (C=O) groups is 1. The van der Waals surface area contributed by atoms with Gasteiger partial charge in [0.2, 0.25) is 0 Å². The van der Waals surface area contributed by atoms with Crippen molar-refractivity contribution >= 4 is 5.78 Å². The minimum absolute atomic E-state index is 0.0300. The lowest BCUT2D eigenvalue weighted by Crippen LogP contribution is -2.66. The van der Waals surface area contributed by atoms with Crippen molar-refractivity contribution in [2.75, 3.05) is 39.3 Å². The molecule has 17 heavy (non-hydrogen) atoms. The Hall–Kier alpha value is -0.410. The number of Topliss-reactive ketones (excluding diaryl/α,β-unsaturated/α-hetero) is 1. The van der Waals surface area contributed by atoms with Crippen LogP contribution < -0.4 is 0 Å². The summed E-state index contributed by atoms with van der Waals surface area (Å²) in [5.41, 5.74) is -0.113. The Balaban J connectivity index is 1.94. The first-order valence-electron chi connectivity index (χ1n) is 7.08. The Morgan fingerprint density at radius 1 is 1.12 bits per heavy atom. The van der Waals surface area contributed by atoms with Crippen molar-refractivity contribution < 1.29 is 4.79 Å². The molecule has 4 heterocycles. The second-order valence-corrected chi connectivity index (χ2v) is 6.69. The summed E-state index contributed by atoms with van der Waals surface area (Å²) in [6, 6.07) is 0. The zero-order valence-corrected chi connectivity index (χ0v) is 11.2. The Morgan fingerprint density at radius 2 is 1.71 bits per heavy atom. The van der Waals surface area contributed by atoms with Gasteiger partial charge in [-0.3, -0.25) is 14.6 Å². The number of hydrogen-bond donors (Lipinski definition) is 0. The molecule has 4 aliphatic rings. The van der Waals surface area contributed by atoms with E-state index < -0.39 is 0 Å². The first-order chi connectivity index (χ1) is 8.08. The highest BCUT2D eigenvalue weighted by Crippen LogP contribution is 2.46. The number of unbranched alkanes of at least 4 members (excludes halogenated alkanes) is 1. The third-order valence-electron chi connectivity index (χ3n) is 4.97. The number of ketones is 1. The Bertz CT molecular complexity index is 323. The van der Waals surface area contributed by atoms with E-state index in [9.17, 15) is 4.79 Å². The van der Waals surface area contributed by atoms with Crippen molar-refractivity contribution in [2.45, 2.75) is 33.1 Å². The van der Waals surface area contributed by atoms with E-state index in [1.54, 1.807) is 0 Å². The maximum Gasteiger partial charge on any atom is 0.150 e. The van der Waals surface area contributed by atoms with Crippen LogP contribution in [-0.4, -0.2) is 54.9 Å². The van der Waals surface area contributed by atoms with Crippen LogP contribution in [0.25, 0.3) is 0 Å². The molecule has 0 spiro atoms. The highest BCUT2D eigenvalue weighted by atomic mass is 16.1. The molecular formula is C14H24N2O. The van der Waals surface area contributed by atoms with Gasteiger partial charge in [0.05, 0.1) is 10.8 Å². The van der Waals surface area contributed by atoms with Crippen LogP contribution in [0, 0.1) is 10.8 Å². The lowest BCUT2D eigenvalue weighted by molar-refractivity contribution is -0.155. The molecule has 3 heteroatoms. The van der Waals surface area contributed by atoms with Crippen molar-refractivity contribution in [3.63, 3.8) is 0 Å². The van der Waals surface area contributed by atoms with E-state index in [1.807, 2.05) is 0 Å². The number of rotatable bonds is 3. The molecule has 96 valence electrons. The van der Waals surface area contributed by atoms with E-state index in [4.69, 9.17) is 0 Å². The number of fused-ring (bicyclic) bond motifs is 1. The van der Waals surface area contributed by atoms with Gasteiger partial charge >= 0.3 is 0 Å². The van der Waals surface area contributed by atoms with Gasteiger partial charge in [-0.15, -0.1) is 0 Å². The van der Waals surface area contributed by atoms with E-state index in [2.05, 4.69) is 23.6 Å². The molecule has 0 aromatic rings. The summed E-state index contributed by atoms with van der Waals surface area (Å²) in [4.78, 5) is 17.9. The van der Waals surface area contributed by atoms with Crippen molar-refractivity contribution in [1.29, 1.82) is 0 Å². The summed E-state index contributed by atoms with van der Waals surface area (Å²) in [7, 11) is 0. The summed E-state index contributed by atoms with van der Waals surface area (Å²) in [5.74, 6) is 0.577. The number of piperidine rings is 2. The van der Waals surface area contributed by atoms with Crippen LogP contribution in [0.5, 0.6) is 0 Å². The molecular weight excluding hydrogens is 212 g/mol. The summed E-state index contributed by atoms with van der Waals surface area (Å²) in [5, 5.41) is 0. The molecule has 0 saturated carbocycles. The van der Waals surface area contributed by atoms with Crippen LogP contribution in [0.3, 0.4) is 0 Å². The Labute approximate surface area is 104 Å². The zero-order valence-electron chi connectivity index (χ0n) is 11.2. The maximum absolute atomic E-state index is 12.8. The molecule has 4 rings (SSSR count). The highest BCUT2D eigenvalue weighted by Gasteiger charge is 2.58. The van der Waals surface area contributed by atoms with Crippen molar-refractivity contribution in [3.05, 3.63) is 0 Å². The van der Waals surface area contributed by atoms with E-state index in [0.717, 1.165) is 45.7 Å². The van der Waals surface area contributed by atoms with Crippen molar-refractivity contribution in [2.24, 2.45) is 10.8 Å². The second-order valence-electron chi connectivity index (χ2n) is 6.69. The molecule has 2 unspecified atom stereocenters. The number of nitrogens with zero attached hydrogens (tertiary/aromatic N) is 2. The molecule has 3 nitrogen and oxygen atoms in total.